The molecule has 0 bridgehead atoms. The second kappa shape index (κ2) is 4.29. The lowest BCUT2D eigenvalue weighted by Gasteiger charge is -1.99. The van der Waals surface area contributed by atoms with Crippen molar-refractivity contribution in [2.75, 3.05) is 13.7 Å². The van der Waals surface area contributed by atoms with Crippen LogP contribution in [-0.2, 0) is 6.42 Å². The van der Waals surface area contributed by atoms with Crippen LogP contribution in [-0.4, -0.2) is 28.0 Å². The van der Waals surface area contributed by atoms with Crippen LogP contribution in [0.2, 0.25) is 0 Å². The van der Waals surface area contributed by atoms with Gasteiger partial charge in [-0.25, -0.2) is 4.98 Å². The van der Waals surface area contributed by atoms with Crippen LogP contribution < -0.4 is 10.5 Å². The third kappa shape index (κ3) is 1.60. The number of nitrogens with two attached hydrogens (primary N) is 1. The zero-order valence-corrected chi connectivity index (χ0v) is 11.5. The molecule has 94 valence electrons. The number of H-pyrrole nitrogens is 1. The van der Waals surface area contributed by atoms with Crippen molar-refractivity contribution < 1.29 is 4.74 Å². The predicted molar refractivity (Wildman–Crippen MR) is 74.1 cm³/mol. The molecule has 6 heteroatoms. The van der Waals surface area contributed by atoms with Gasteiger partial charge in [-0.05, 0) is 34.6 Å². The third-order valence-electron chi connectivity index (χ3n) is 2.96. The molecule has 0 atom stereocenters. The van der Waals surface area contributed by atoms with Crippen molar-refractivity contribution in [3.63, 3.8) is 0 Å². The van der Waals surface area contributed by atoms with E-state index in [0.717, 1.165) is 39.3 Å². The van der Waals surface area contributed by atoms with Crippen LogP contribution in [0.25, 0.3) is 16.8 Å². The Bertz CT molecular complexity index is 716. The largest absolute Gasteiger partial charge is 0.497 e. The fraction of sp³-hybridized carbons (Fsp3) is 0.250. The van der Waals surface area contributed by atoms with Crippen molar-refractivity contribution in [1.29, 1.82) is 0 Å². The number of ether oxygens (including phenoxy) is 1. The summed E-state index contributed by atoms with van der Waals surface area (Å²) in [6, 6.07) is 5.85. The highest BCUT2D eigenvalue weighted by Gasteiger charge is 2.13. The Morgan fingerprint density at radius 1 is 1.50 bits per heavy atom. The number of halogens is 1. The summed E-state index contributed by atoms with van der Waals surface area (Å²) < 4.78 is 8.22. The first-order valence-corrected chi connectivity index (χ1v) is 6.46. The highest BCUT2D eigenvalue weighted by molar-refractivity contribution is 9.10. The molecule has 3 N–H and O–H groups in total. The number of hydrogen-bond acceptors (Lipinski definition) is 3. The number of imidazole rings is 2. The van der Waals surface area contributed by atoms with Crippen molar-refractivity contribution in [2.24, 2.45) is 5.73 Å². The zero-order chi connectivity index (χ0) is 12.7. The number of nitrogens with one attached hydrogen (secondary N) is 1. The summed E-state index contributed by atoms with van der Waals surface area (Å²) in [7, 11) is 1.65. The molecule has 3 rings (SSSR count). The maximum Gasteiger partial charge on any atom is 0.213 e. The van der Waals surface area contributed by atoms with Crippen LogP contribution in [0.3, 0.4) is 0 Å². The number of aromatic nitrogens is 3. The van der Waals surface area contributed by atoms with E-state index in [9.17, 15) is 0 Å². The van der Waals surface area contributed by atoms with E-state index in [2.05, 4.69) is 25.9 Å². The van der Waals surface area contributed by atoms with Crippen molar-refractivity contribution in [1.82, 2.24) is 14.4 Å². The Labute approximate surface area is 112 Å². The molecule has 0 aliphatic rings. The molecule has 0 aliphatic carbocycles. The average Bonchev–Trinajstić information content (AvgIpc) is 2.87. The van der Waals surface area contributed by atoms with Gasteiger partial charge < -0.3 is 15.5 Å². The SMILES string of the molecule is COc1ccc2c(c1)nc1[nH]c(CCN)c(Br)n12. The molecular weight excluding hydrogens is 296 g/mol. The molecule has 0 fully saturated rings. The van der Waals surface area contributed by atoms with Gasteiger partial charge in [-0.15, -0.1) is 0 Å². The lowest BCUT2D eigenvalue weighted by atomic mass is 10.3. The summed E-state index contributed by atoms with van der Waals surface area (Å²) in [5.41, 5.74) is 8.59. The second-order valence-electron chi connectivity index (χ2n) is 4.06. The summed E-state index contributed by atoms with van der Waals surface area (Å²) in [4.78, 5) is 7.82. The molecule has 0 spiro atoms. The molecule has 0 saturated heterocycles. The molecule has 1 aromatic carbocycles. The molecule has 3 aromatic rings. The number of methoxy groups -OCH3 is 1. The van der Waals surface area contributed by atoms with E-state index < -0.39 is 0 Å². The smallest absolute Gasteiger partial charge is 0.213 e. The lowest BCUT2D eigenvalue weighted by Crippen LogP contribution is -2.03. The van der Waals surface area contributed by atoms with Gasteiger partial charge in [0.2, 0.25) is 5.78 Å². The number of nitrogens with zero attached hydrogens (tertiary/aromatic N) is 2. The Morgan fingerprint density at radius 2 is 2.33 bits per heavy atom. The first-order chi connectivity index (χ1) is 8.74. The van der Waals surface area contributed by atoms with Gasteiger partial charge in [0.25, 0.3) is 0 Å². The van der Waals surface area contributed by atoms with E-state index in [1.54, 1.807) is 7.11 Å². The van der Waals surface area contributed by atoms with E-state index in [-0.39, 0.29) is 0 Å². The first kappa shape index (κ1) is 11.6. The summed E-state index contributed by atoms with van der Waals surface area (Å²) in [6.45, 7) is 0.605. The van der Waals surface area contributed by atoms with Crippen LogP contribution in [0.15, 0.2) is 22.8 Å². The molecule has 5 nitrogen and oxygen atoms in total. The highest BCUT2D eigenvalue weighted by Crippen LogP contribution is 2.27. The van der Waals surface area contributed by atoms with Gasteiger partial charge in [0.1, 0.15) is 10.4 Å². The minimum Gasteiger partial charge on any atom is -0.497 e. The minimum absolute atomic E-state index is 0.605. The van der Waals surface area contributed by atoms with E-state index in [1.165, 1.54) is 0 Å². The van der Waals surface area contributed by atoms with E-state index >= 15 is 0 Å². The van der Waals surface area contributed by atoms with Gasteiger partial charge in [0.05, 0.1) is 23.8 Å². The second-order valence-corrected chi connectivity index (χ2v) is 4.81. The van der Waals surface area contributed by atoms with Gasteiger partial charge >= 0.3 is 0 Å². The third-order valence-corrected chi connectivity index (χ3v) is 3.80. The van der Waals surface area contributed by atoms with E-state index in [4.69, 9.17) is 10.5 Å². The first-order valence-electron chi connectivity index (χ1n) is 5.67. The number of hydrogen-bond donors (Lipinski definition) is 2. The Morgan fingerprint density at radius 3 is 3.06 bits per heavy atom. The number of rotatable bonds is 3. The maximum atomic E-state index is 5.58. The minimum atomic E-state index is 0.605. The highest BCUT2D eigenvalue weighted by atomic mass is 79.9. The molecule has 0 aliphatic heterocycles. The molecule has 0 radical (unpaired) electrons. The van der Waals surface area contributed by atoms with Crippen LogP contribution in [0, 0.1) is 0 Å². The molecule has 2 heterocycles. The number of fused-ring (bicyclic) bond motifs is 3. The predicted octanol–water partition coefficient (Wildman–Crippen LogP) is 2.09. The zero-order valence-electron chi connectivity index (χ0n) is 9.90. The summed E-state index contributed by atoms with van der Waals surface area (Å²) >= 11 is 3.59. The molecule has 0 unspecified atom stereocenters. The van der Waals surface area contributed by atoms with Crippen molar-refractivity contribution in [3.8, 4) is 5.75 Å². The number of benzene rings is 1. The molecule has 0 saturated carbocycles. The van der Waals surface area contributed by atoms with Crippen molar-refractivity contribution in [2.45, 2.75) is 6.42 Å². The summed E-state index contributed by atoms with van der Waals surface area (Å²) in [5, 5.41) is 0. The van der Waals surface area contributed by atoms with E-state index in [0.29, 0.717) is 6.54 Å². The van der Waals surface area contributed by atoms with Crippen LogP contribution >= 0.6 is 15.9 Å². The normalized spacial score (nSPS) is 11.5. The summed E-state index contributed by atoms with van der Waals surface area (Å²) in [6.07, 6.45) is 0.793. The van der Waals surface area contributed by atoms with Crippen molar-refractivity contribution in [3.05, 3.63) is 28.5 Å². The van der Waals surface area contributed by atoms with Gasteiger partial charge in [-0.1, -0.05) is 0 Å². The quantitative estimate of drug-likeness (QED) is 0.778. The summed E-state index contributed by atoms with van der Waals surface area (Å²) in [5.74, 6) is 1.62. The Kier molecular flexibility index (Phi) is 2.76. The Hall–Kier alpha value is -1.53. The topological polar surface area (TPSA) is 68.3 Å². The van der Waals surface area contributed by atoms with Crippen LogP contribution in [0.5, 0.6) is 5.75 Å². The van der Waals surface area contributed by atoms with Gasteiger partial charge in [0.15, 0.2) is 0 Å². The molecule has 2 aromatic heterocycles. The molecule has 0 amide bonds. The van der Waals surface area contributed by atoms with Gasteiger partial charge in [-0.3, -0.25) is 4.40 Å². The lowest BCUT2D eigenvalue weighted by molar-refractivity contribution is 0.415. The molecule has 18 heavy (non-hydrogen) atoms. The Balaban J connectivity index is 2.27. The number of aromatic amines is 1. The fourth-order valence-electron chi connectivity index (χ4n) is 2.10. The van der Waals surface area contributed by atoms with Crippen molar-refractivity contribution >= 4 is 32.7 Å². The average molecular weight is 309 g/mol. The van der Waals surface area contributed by atoms with Crippen LogP contribution in [0.1, 0.15) is 5.69 Å². The van der Waals surface area contributed by atoms with E-state index in [1.807, 2.05) is 22.6 Å². The maximum absolute atomic E-state index is 5.58. The molecular formula is C12H13BrN4O. The van der Waals surface area contributed by atoms with Gasteiger partial charge in [-0.2, -0.15) is 0 Å². The van der Waals surface area contributed by atoms with Crippen LogP contribution in [0.4, 0.5) is 0 Å². The van der Waals surface area contributed by atoms with Gasteiger partial charge in [0, 0.05) is 12.5 Å². The standard InChI is InChI=1S/C12H13BrN4O/c1-18-7-2-3-10-9(6-7)16-12-15-8(4-5-14)11(13)17(10)12/h2-3,6H,4-5,14H2,1H3,(H,15,16). The monoisotopic (exact) mass is 308 g/mol. The fourth-order valence-corrected chi connectivity index (χ4v) is 2.76.